The van der Waals surface area contributed by atoms with Crippen molar-refractivity contribution in [3.05, 3.63) is 34.4 Å². The fourth-order valence-corrected chi connectivity index (χ4v) is 2.17. The van der Waals surface area contributed by atoms with Crippen LogP contribution in [0.2, 0.25) is 0 Å². The molecule has 0 aromatic heterocycles. The minimum Gasteiger partial charge on any atom is -0.466 e. The van der Waals surface area contributed by atoms with Gasteiger partial charge < -0.3 is 4.74 Å². The van der Waals surface area contributed by atoms with E-state index in [1.807, 2.05) is 13.0 Å². The number of esters is 1. The van der Waals surface area contributed by atoms with E-state index in [2.05, 4.69) is 6.07 Å². The number of rotatable bonds is 5. The van der Waals surface area contributed by atoms with Crippen molar-refractivity contribution >= 4 is 17.6 Å². The van der Waals surface area contributed by atoms with E-state index >= 15 is 0 Å². The van der Waals surface area contributed by atoms with Gasteiger partial charge in [-0.15, -0.1) is 11.6 Å². The average Bonchev–Trinajstić information content (AvgIpc) is 2.38. The summed E-state index contributed by atoms with van der Waals surface area (Å²) in [5, 5.41) is 9.25. The topological polar surface area (TPSA) is 50.1 Å². The van der Waals surface area contributed by atoms with Gasteiger partial charge in [0, 0.05) is 5.88 Å². The van der Waals surface area contributed by atoms with Gasteiger partial charge in [0.2, 0.25) is 0 Å². The lowest BCUT2D eigenvalue weighted by Crippen LogP contribution is -2.10. The Kier molecular flexibility index (Phi) is 5.67. The predicted molar refractivity (Wildman–Crippen MR) is 70.4 cm³/mol. The SMILES string of the molecule is CCOC(=O)Cc1ccc(CCl)c(CC)c1C#N. The monoisotopic (exact) mass is 265 g/mol. The summed E-state index contributed by atoms with van der Waals surface area (Å²) in [6, 6.07) is 5.83. The molecule has 1 rings (SSSR count). The Morgan fingerprint density at radius 2 is 2.06 bits per heavy atom. The highest BCUT2D eigenvalue weighted by Gasteiger charge is 2.14. The molecule has 0 atom stereocenters. The first kappa shape index (κ1) is 14.5. The van der Waals surface area contributed by atoms with Gasteiger partial charge in [-0.1, -0.05) is 19.1 Å². The van der Waals surface area contributed by atoms with Crippen LogP contribution in [0, 0.1) is 11.3 Å². The number of ether oxygens (including phenoxy) is 1. The Hall–Kier alpha value is -1.53. The van der Waals surface area contributed by atoms with Crippen LogP contribution in [0.5, 0.6) is 0 Å². The highest BCUT2D eigenvalue weighted by atomic mass is 35.5. The first-order chi connectivity index (χ1) is 8.67. The molecule has 0 bridgehead atoms. The van der Waals surface area contributed by atoms with Crippen LogP contribution in [-0.2, 0) is 28.3 Å². The lowest BCUT2D eigenvalue weighted by Gasteiger charge is -2.11. The second-order valence-electron chi connectivity index (χ2n) is 3.82. The molecule has 0 amide bonds. The van der Waals surface area contributed by atoms with E-state index in [9.17, 15) is 10.1 Å². The summed E-state index contributed by atoms with van der Waals surface area (Å²) < 4.78 is 4.90. The van der Waals surface area contributed by atoms with Crippen molar-refractivity contribution < 1.29 is 9.53 Å². The number of carbonyl (C=O) groups excluding carboxylic acids is 1. The lowest BCUT2D eigenvalue weighted by molar-refractivity contribution is -0.142. The molecular formula is C14H16ClNO2. The zero-order valence-electron chi connectivity index (χ0n) is 10.6. The van der Waals surface area contributed by atoms with Gasteiger partial charge >= 0.3 is 5.97 Å². The molecule has 18 heavy (non-hydrogen) atoms. The van der Waals surface area contributed by atoms with Crippen LogP contribution in [0.3, 0.4) is 0 Å². The van der Waals surface area contributed by atoms with E-state index in [0.717, 1.165) is 17.5 Å². The van der Waals surface area contributed by atoms with Crippen molar-refractivity contribution in [2.75, 3.05) is 6.61 Å². The maximum atomic E-state index is 11.5. The van der Waals surface area contributed by atoms with Gasteiger partial charge in [0.15, 0.2) is 0 Å². The first-order valence-corrected chi connectivity index (χ1v) is 6.46. The highest BCUT2D eigenvalue weighted by molar-refractivity contribution is 6.17. The summed E-state index contributed by atoms with van der Waals surface area (Å²) in [5.41, 5.74) is 3.14. The summed E-state index contributed by atoms with van der Waals surface area (Å²) >= 11 is 5.85. The molecule has 0 aliphatic carbocycles. The molecular weight excluding hydrogens is 250 g/mol. The number of hydrogen-bond acceptors (Lipinski definition) is 3. The molecule has 0 aliphatic rings. The van der Waals surface area contributed by atoms with E-state index < -0.39 is 0 Å². The normalized spacial score (nSPS) is 9.89. The maximum absolute atomic E-state index is 11.5. The van der Waals surface area contributed by atoms with Crippen molar-refractivity contribution in [2.24, 2.45) is 0 Å². The molecule has 96 valence electrons. The Balaban J connectivity index is 3.14. The third-order valence-electron chi connectivity index (χ3n) is 2.75. The summed E-state index contributed by atoms with van der Waals surface area (Å²) in [7, 11) is 0. The number of nitrogens with zero attached hydrogens (tertiary/aromatic N) is 1. The van der Waals surface area contributed by atoms with Crippen molar-refractivity contribution in [1.29, 1.82) is 5.26 Å². The highest BCUT2D eigenvalue weighted by Crippen LogP contribution is 2.22. The van der Waals surface area contributed by atoms with E-state index in [0.29, 0.717) is 23.6 Å². The Morgan fingerprint density at radius 3 is 2.56 bits per heavy atom. The van der Waals surface area contributed by atoms with Crippen LogP contribution < -0.4 is 0 Å². The smallest absolute Gasteiger partial charge is 0.310 e. The number of nitriles is 1. The fraction of sp³-hybridized carbons (Fsp3) is 0.429. The van der Waals surface area contributed by atoms with Gasteiger partial charge in [-0.25, -0.2) is 0 Å². The molecule has 0 spiro atoms. The lowest BCUT2D eigenvalue weighted by atomic mass is 9.94. The minimum absolute atomic E-state index is 0.131. The van der Waals surface area contributed by atoms with Crippen LogP contribution in [0.25, 0.3) is 0 Å². The number of halogens is 1. The molecule has 0 saturated heterocycles. The van der Waals surface area contributed by atoms with Crippen LogP contribution >= 0.6 is 11.6 Å². The van der Waals surface area contributed by atoms with Gasteiger partial charge in [-0.3, -0.25) is 4.79 Å². The van der Waals surface area contributed by atoms with Crippen molar-refractivity contribution in [3.63, 3.8) is 0 Å². The summed E-state index contributed by atoms with van der Waals surface area (Å²) in [4.78, 5) is 11.5. The molecule has 0 N–H and O–H groups in total. The molecule has 0 fully saturated rings. The average molecular weight is 266 g/mol. The third kappa shape index (κ3) is 3.24. The fourth-order valence-electron chi connectivity index (χ4n) is 1.92. The van der Waals surface area contributed by atoms with Gasteiger partial charge in [0.05, 0.1) is 24.7 Å². The molecule has 1 aromatic rings. The molecule has 0 aliphatic heterocycles. The predicted octanol–water partition coefficient (Wildman–Crippen LogP) is 2.97. The van der Waals surface area contributed by atoms with Crippen molar-refractivity contribution in [1.82, 2.24) is 0 Å². The van der Waals surface area contributed by atoms with Crippen LogP contribution in [0.4, 0.5) is 0 Å². The zero-order chi connectivity index (χ0) is 13.5. The molecule has 1 aromatic carbocycles. The number of alkyl halides is 1. The summed E-state index contributed by atoms with van der Waals surface area (Å²) in [6.07, 6.45) is 0.855. The second kappa shape index (κ2) is 7.03. The first-order valence-electron chi connectivity index (χ1n) is 5.93. The zero-order valence-corrected chi connectivity index (χ0v) is 11.4. The molecule has 0 radical (unpaired) electrons. The minimum atomic E-state index is -0.310. The third-order valence-corrected chi connectivity index (χ3v) is 3.03. The summed E-state index contributed by atoms with van der Waals surface area (Å²) in [5.74, 6) is 0.0621. The Bertz CT molecular complexity index is 477. The van der Waals surface area contributed by atoms with E-state index in [1.165, 1.54) is 0 Å². The van der Waals surface area contributed by atoms with E-state index in [1.54, 1.807) is 13.0 Å². The largest absolute Gasteiger partial charge is 0.466 e. The molecule has 4 heteroatoms. The van der Waals surface area contributed by atoms with Gasteiger partial charge in [0.1, 0.15) is 0 Å². The van der Waals surface area contributed by atoms with Crippen LogP contribution in [0.15, 0.2) is 12.1 Å². The number of carbonyl (C=O) groups is 1. The second-order valence-corrected chi connectivity index (χ2v) is 4.09. The quantitative estimate of drug-likeness (QED) is 0.607. The number of hydrogen-bond donors (Lipinski definition) is 0. The molecule has 0 saturated carbocycles. The standard InChI is InChI=1S/C14H16ClNO2/c1-3-12-11(8-15)6-5-10(13(12)9-16)7-14(17)18-4-2/h5-6H,3-4,7-8H2,1-2H3. The van der Waals surface area contributed by atoms with E-state index in [-0.39, 0.29) is 12.4 Å². The molecule has 0 heterocycles. The van der Waals surface area contributed by atoms with Crippen molar-refractivity contribution in [3.8, 4) is 6.07 Å². The molecule has 3 nitrogen and oxygen atoms in total. The van der Waals surface area contributed by atoms with Crippen molar-refractivity contribution in [2.45, 2.75) is 32.6 Å². The summed E-state index contributed by atoms with van der Waals surface area (Å²) in [6.45, 7) is 4.08. The van der Waals surface area contributed by atoms with Crippen LogP contribution in [-0.4, -0.2) is 12.6 Å². The van der Waals surface area contributed by atoms with Gasteiger partial charge in [-0.05, 0) is 30.0 Å². The maximum Gasteiger partial charge on any atom is 0.310 e. The van der Waals surface area contributed by atoms with E-state index in [4.69, 9.17) is 16.3 Å². The Morgan fingerprint density at radius 1 is 1.39 bits per heavy atom. The Labute approximate surface area is 112 Å². The van der Waals surface area contributed by atoms with Gasteiger partial charge in [0.25, 0.3) is 0 Å². The van der Waals surface area contributed by atoms with Gasteiger partial charge in [-0.2, -0.15) is 5.26 Å². The van der Waals surface area contributed by atoms with Crippen LogP contribution in [0.1, 0.15) is 36.1 Å². The molecule has 0 unspecified atom stereocenters. The number of benzene rings is 1.